The van der Waals surface area contributed by atoms with Crippen LogP contribution in [0, 0.1) is 0 Å². The molecule has 0 bridgehead atoms. The summed E-state index contributed by atoms with van der Waals surface area (Å²) in [6, 6.07) is 0. The number of nitrogens with zero attached hydrogens (tertiary/aromatic N) is 1. The van der Waals surface area contributed by atoms with Gasteiger partial charge in [0.05, 0.1) is 27.2 Å². The zero-order valence-corrected chi connectivity index (χ0v) is 15.7. The Morgan fingerprint density at radius 2 is 0.955 bits per heavy atom. The molecule has 0 aromatic rings. The number of hydrogen-bond donors (Lipinski definition) is 0. The Morgan fingerprint density at radius 1 is 0.682 bits per heavy atom. The molecule has 134 valence electrons. The second kappa shape index (κ2) is 18.5. The van der Waals surface area contributed by atoms with Crippen LogP contribution in [0.25, 0.3) is 0 Å². The Kier molecular flexibility index (Phi) is 19.9. The third kappa shape index (κ3) is 21.7. The minimum Gasteiger partial charge on any atom is -0.554 e. The van der Waals surface area contributed by atoms with Gasteiger partial charge in [-0.15, -0.1) is 0 Å². The fourth-order valence-corrected chi connectivity index (χ4v) is 2.75. The lowest BCUT2D eigenvalue weighted by Crippen LogP contribution is -2.41. The van der Waals surface area contributed by atoms with E-state index in [4.69, 9.17) is 9.90 Å². The zero-order valence-electron chi connectivity index (χ0n) is 15.7. The summed E-state index contributed by atoms with van der Waals surface area (Å²) in [7, 11) is 4.83. The summed E-state index contributed by atoms with van der Waals surface area (Å²) in [5.41, 5.74) is 0. The van der Waals surface area contributed by atoms with Gasteiger partial charge in [-0.25, -0.2) is 0 Å². The van der Waals surface area contributed by atoms with Crippen LogP contribution in [0.2, 0.25) is 0 Å². The van der Waals surface area contributed by atoms with E-state index in [-0.39, 0.29) is 0 Å². The SMILES string of the molecule is CCCCCCCC[N+](C)(C)CCCCCCCC.O=C[O-]. The molecule has 0 radical (unpaired) electrons. The second-order valence-electron chi connectivity index (χ2n) is 7.01. The molecule has 0 unspecified atom stereocenters. The molecule has 3 nitrogen and oxygen atoms in total. The number of quaternary nitrogens is 1. The molecule has 0 spiro atoms. The van der Waals surface area contributed by atoms with Gasteiger partial charge in [0.2, 0.25) is 0 Å². The van der Waals surface area contributed by atoms with Crippen molar-refractivity contribution in [2.24, 2.45) is 0 Å². The fraction of sp³-hybridized carbons (Fsp3) is 0.947. The number of hydrogen-bond acceptors (Lipinski definition) is 2. The second-order valence-corrected chi connectivity index (χ2v) is 7.01. The number of carbonyl (C=O) groups excluding carboxylic acids is 1. The normalized spacial score (nSPS) is 10.9. The van der Waals surface area contributed by atoms with Crippen LogP contribution in [0.3, 0.4) is 0 Å². The van der Waals surface area contributed by atoms with E-state index >= 15 is 0 Å². The van der Waals surface area contributed by atoms with Gasteiger partial charge < -0.3 is 14.4 Å². The molecule has 0 N–H and O–H groups in total. The summed E-state index contributed by atoms with van der Waals surface area (Å²) in [4.78, 5) is 8.25. The molecule has 0 aliphatic heterocycles. The predicted octanol–water partition coefficient (Wildman–Crippen LogP) is 4.15. The van der Waals surface area contributed by atoms with Gasteiger partial charge in [-0.2, -0.15) is 0 Å². The molecular formula is C19H41NO2. The summed E-state index contributed by atoms with van der Waals surface area (Å²) < 4.78 is 1.24. The molecule has 0 aliphatic carbocycles. The fourth-order valence-electron chi connectivity index (χ4n) is 2.75. The van der Waals surface area contributed by atoms with Gasteiger partial charge in [-0.05, 0) is 25.7 Å². The lowest BCUT2D eigenvalue weighted by molar-refractivity contribution is -0.890. The standard InChI is InChI=1S/C18H40N.CH2O2/c1-5-7-9-11-13-15-17-19(3,4)18-16-14-12-10-8-6-2;2-1-3/h5-18H2,1-4H3;1H,(H,2,3)/q+1;/p-1. The highest BCUT2D eigenvalue weighted by atomic mass is 16.3. The smallest absolute Gasteiger partial charge is 0.0782 e. The number of rotatable bonds is 14. The summed E-state index contributed by atoms with van der Waals surface area (Å²) in [5, 5.41) is 8.25. The van der Waals surface area contributed by atoms with Crippen molar-refractivity contribution in [1.82, 2.24) is 0 Å². The van der Waals surface area contributed by atoms with Gasteiger partial charge in [-0.3, -0.25) is 0 Å². The highest BCUT2D eigenvalue weighted by Crippen LogP contribution is 2.11. The lowest BCUT2D eigenvalue weighted by atomic mass is 10.1. The maximum atomic E-state index is 8.25. The first kappa shape index (κ1) is 23.7. The Bertz CT molecular complexity index is 199. The molecule has 22 heavy (non-hydrogen) atoms. The van der Waals surface area contributed by atoms with Crippen LogP contribution < -0.4 is 5.11 Å². The number of carboxylic acid groups (broad SMARTS) is 1. The quantitative estimate of drug-likeness (QED) is 0.274. The summed E-state index contributed by atoms with van der Waals surface area (Å²) in [6.45, 7) is 6.84. The van der Waals surface area contributed by atoms with Gasteiger partial charge in [0.15, 0.2) is 0 Å². The van der Waals surface area contributed by atoms with Crippen LogP contribution in [-0.4, -0.2) is 38.1 Å². The number of carbonyl (C=O) groups is 1. The Balaban J connectivity index is 0. The molecule has 3 heteroatoms. The van der Waals surface area contributed by atoms with E-state index < -0.39 is 6.47 Å². The molecule has 0 heterocycles. The van der Waals surface area contributed by atoms with Gasteiger partial charge in [0.25, 0.3) is 0 Å². The first-order valence-corrected chi connectivity index (χ1v) is 9.41. The summed E-state index contributed by atoms with van der Waals surface area (Å²) >= 11 is 0. The Labute approximate surface area is 139 Å². The first-order valence-electron chi connectivity index (χ1n) is 9.41. The topological polar surface area (TPSA) is 40.1 Å². The van der Waals surface area contributed by atoms with E-state index in [0.717, 1.165) is 0 Å². The molecule has 0 saturated carbocycles. The van der Waals surface area contributed by atoms with E-state index in [1.54, 1.807) is 0 Å². The third-order valence-electron chi connectivity index (χ3n) is 4.23. The van der Waals surface area contributed by atoms with Crippen LogP contribution in [-0.2, 0) is 4.79 Å². The van der Waals surface area contributed by atoms with E-state index in [1.807, 2.05) is 0 Å². The number of unbranched alkanes of at least 4 members (excludes halogenated alkanes) is 10. The van der Waals surface area contributed by atoms with Crippen molar-refractivity contribution >= 4 is 6.47 Å². The third-order valence-corrected chi connectivity index (χ3v) is 4.23. The minimum atomic E-state index is -0.500. The largest absolute Gasteiger partial charge is 0.554 e. The molecule has 0 aromatic heterocycles. The molecule has 0 saturated heterocycles. The average molecular weight is 316 g/mol. The van der Waals surface area contributed by atoms with Crippen LogP contribution in [0.15, 0.2) is 0 Å². The maximum Gasteiger partial charge on any atom is 0.0782 e. The monoisotopic (exact) mass is 315 g/mol. The average Bonchev–Trinajstić information content (AvgIpc) is 2.47. The van der Waals surface area contributed by atoms with E-state index in [2.05, 4.69) is 27.9 Å². The first-order chi connectivity index (χ1) is 10.5. The van der Waals surface area contributed by atoms with Gasteiger partial charge in [0.1, 0.15) is 0 Å². The zero-order chi connectivity index (χ0) is 17.1. The highest BCUT2D eigenvalue weighted by Gasteiger charge is 2.13. The van der Waals surface area contributed by atoms with Crippen molar-refractivity contribution in [3.05, 3.63) is 0 Å². The maximum absolute atomic E-state index is 8.25. The Morgan fingerprint density at radius 3 is 1.27 bits per heavy atom. The molecule has 0 fully saturated rings. The van der Waals surface area contributed by atoms with Gasteiger partial charge in [0, 0.05) is 6.47 Å². The molecule has 0 rings (SSSR count). The van der Waals surface area contributed by atoms with Crippen LogP contribution in [0.1, 0.15) is 90.9 Å². The van der Waals surface area contributed by atoms with Crippen molar-refractivity contribution in [3.8, 4) is 0 Å². The van der Waals surface area contributed by atoms with Crippen molar-refractivity contribution < 1.29 is 14.4 Å². The summed E-state index contributed by atoms with van der Waals surface area (Å²) in [5.74, 6) is 0. The predicted molar refractivity (Wildman–Crippen MR) is 94.7 cm³/mol. The van der Waals surface area contributed by atoms with E-state index in [9.17, 15) is 0 Å². The van der Waals surface area contributed by atoms with E-state index in [0.29, 0.717) is 0 Å². The minimum absolute atomic E-state index is 0.500. The lowest BCUT2D eigenvalue weighted by Gasteiger charge is -2.30. The molecule has 0 amide bonds. The van der Waals surface area contributed by atoms with Crippen molar-refractivity contribution in [3.63, 3.8) is 0 Å². The molecule has 0 aliphatic rings. The van der Waals surface area contributed by atoms with Crippen LogP contribution >= 0.6 is 0 Å². The van der Waals surface area contributed by atoms with Crippen molar-refractivity contribution in [2.75, 3.05) is 27.2 Å². The van der Waals surface area contributed by atoms with Crippen LogP contribution in [0.5, 0.6) is 0 Å². The van der Waals surface area contributed by atoms with Crippen molar-refractivity contribution in [2.45, 2.75) is 90.9 Å². The molecule has 0 atom stereocenters. The summed E-state index contributed by atoms with van der Waals surface area (Å²) in [6.07, 6.45) is 17.1. The highest BCUT2D eigenvalue weighted by molar-refractivity contribution is 5.29. The van der Waals surface area contributed by atoms with E-state index in [1.165, 1.54) is 94.6 Å². The van der Waals surface area contributed by atoms with Crippen molar-refractivity contribution in [1.29, 1.82) is 0 Å². The van der Waals surface area contributed by atoms with Gasteiger partial charge in [-0.1, -0.05) is 65.2 Å². The molecular weight excluding hydrogens is 274 g/mol. The van der Waals surface area contributed by atoms with Crippen LogP contribution in [0.4, 0.5) is 0 Å². The Hall–Kier alpha value is -0.570. The van der Waals surface area contributed by atoms with Gasteiger partial charge >= 0.3 is 0 Å². The molecule has 0 aromatic carbocycles.